The molecular formula is C16H24N4O. The molecule has 1 heterocycles. The zero-order valence-electron chi connectivity index (χ0n) is 12.9. The Morgan fingerprint density at radius 3 is 2.67 bits per heavy atom. The minimum atomic E-state index is -0.0520. The molecule has 1 aliphatic heterocycles. The van der Waals surface area contributed by atoms with Crippen LogP contribution >= 0.6 is 0 Å². The van der Waals surface area contributed by atoms with Gasteiger partial charge in [-0.2, -0.15) is 5.10 Å². The Labute approximate surface area is 126 Å². The summed E-state index contributed by atoms with van der Waals surface area (Å²) in [5.41, 5.74) is 4.77. The minimum absolute atomic E-state index is 0.0520. The quantitative estimate of drug-likeness (QED) is 0.651. The third kappa shape index (κ3) is 5.28. The van der Waals surface area contributed by atoms with Crippen LogP contribution in [0.15, 0.2) is 29.4 Å². The summed E-state index contributed by atoms with van der Waals surface area (Å²) >= 11 is 0. The largest absolute Gasteiger partial charge is 0.301 e. The molecule has 0 saturated carbocycles. The van der Waals surface area contributed by atoms with Crippen molar-refractivity contribution in [2.75, 3.05) is 39.3 Å². The highest BCUT2D eigenvalue weighted by Crippen LogP contribution is 2.01. The maximum absolute atomic E-state index is 11.8. The van der Waals surface area contributed by atoms with E-state index in [0.29, 0.717) is 6.54 Å². The number of nitrogens with zero attached hydrogens (tertiary/aromatic N) is 3. The molecule has 1 saturated heterocycles. The lowest BCUT2D eigenvalue weighted by atomic mass is 10.2. The second-order valence-electron chi connectivity index (χ2n) is 5.42. The van der Waals surface area contributed by atoms with Gasteiger partial charge in [-0.05, 0) is 19.0 Å². The van der Waals surface area contributed by atoms with E-state index in [9.17, 15) is 4.79 Å². The number of amides is 1. The lowest BCUT2D eigenvalue weighted by Crippen LogP contribution is -2.48. The topological polar surface area (TPSA) is 47.9 Å². The van der Waals surface area contributed by atoms with Crippen LogP contribution in [-0.2, 0) is 4.79 Å². The Bertz CT molecular complexity index is 493. The highest BCUT2D eigenvalue weighted by atomic mass is 16.2. The Balaban J connectivity index is 1.72. The van der Waals surface area contributed by atoms with E-state index in [1.165, 1.54) is 5.56 Å². The highest BCUT2D eigenvalue weighted by molar-refractivity contribution is 5.83. The van der Waals surface area contributed by atoms with E-state index >= 15 is 0 Å². The first-order chi connectivity index (χ1) is 10.2. The fourth-order valence-electron chi connectivity index (χ4n) is 2.43. The second kappa shape index (κ2) is 7.90. The molecule has 21 heavy (non-hydrogen) atoms. The van der Waals surface area contributed by atoms with Crippen LogP contribution in [0.2, 0.25) is 0 Å². The molecule has 2 rings (SSSR count). The number of piperazine rings is 1. The minimum Gasteiger partial charge on any atom is -0.301 e. The third-order valence-corrected chi connectivity index (χ3v) is 3.72. The number of hydrogen-bond donors (Lipinski definition) is 1. The van der Waals surface area contributed by atoms with E-state index in [0.717, 1.165) is 38.3 Å². The van der Waals surface area contributed by atoms with Crippen LogP contribution in [0.4, 0.5) is 0 Å². The van der Waals surface area contributed by atoms with Crippen molar-refractivity contribution in [1.29, 1.82) is 0 Å². The van der Waals surface area contributed by atoms with Crippen LogP contribution in [0.3, 0.4) is 0 Å². The molecular weight excluding hydrogens is 264 g/mol. The molecule has 0 spiro atoms. The summed E-state index contributed by atoms with van der Waals surface area (Å²) in [4.78, 5) is 16.4. The average molecular weight is 288 g/mol. The van der Waals surface area contributed by atoms with Crippen LogP contribution in [0.1, 0.15) is 18.1 Å². The molecule has 0 atom stereocenters. The van der Waals surface area contributed by atoms with Gasteiger partial charge in [0.2, 0.25) is 0 Å². The number of hydrazone groups is 1. The van der Waals surface area contributed by atoms with Crippen molar-refractivity contribution in [3.8, 4) is 0 Å². The number of carbonyl (C=O) groups is 1. The number of nitrogens with one attached hydrogen (secondary N) is 1. The Morgan fingerprint density at radius 1 is 1.29 bits per heavy atom. The van der Waals surface area contributed by atoms with Crippen molar-refractivity contribution in [1.82, 2.24) is 15.2 Å². The third-order valence-electron chi connectivity index (χ3n) is 3.72. The van der Waals surface area contributed by atoms with Gasteiger partial charge in [0, 0.05) is 26.2 Å². The van der Waals surface area contributed by atoms with Crippen LogP contribution in [-0.4, -0.2) is 61.2 Å². The molecule has 0 unspecified atom stereocenters. The molecule has 1 fully saturated rings. The van der Waals surface area contributed by atoms with Crippen LogP contribution < -0.4 is 5.43 Å². The molecule has 1 N–H and O–H groups in total. The lowest BCUT2D eigenvalue weighted by molar-refractivity contribution is -0.122. The van der Waals surface area contributed by atoms with Gasteiger partial charge in [0.1, 0.15) is 0 Å². The van der Waals surface area contributed by atoms with Crippen LogP contribution in [0, 0.1) is 6.92 Å². The molecule has 114 valence electrons. The molecule has 0 aliphatic carbocycles. The highest BCUT2D eigenvalue weighted by Gasteiger charge is 2.17. The van der Waals surface area contributed by atoms with Crippen molar-refractivity contribution in [3.63, 3.8) is 0 Å². The monoisotopic (exact) mass is 288 g/mol. The maximum atomic E-state index is 11.8. The average Bonchev–Trinajstić information content (AvgIpc) is 2.48. The summed E-state index contributed by atoms with van der Waals surface area (Å²) in [6.45, 7) is 9.68. The van der Waals surface area contributed by atoms with Crippen molar-refractivity contribution in [2.45, 2.75) is 13.8 Å². The van der Waals surface area contributed by atoms with Crippen LogP contribution in [0.25, 0.3) is 0 Å². The van der Waals surface area contributed by atoms with Crippen molar-refractivity contribution < 1.29 is 4.79 Å². The first kappa shape index (κ1) is 15.7. The van der Waals surface area contributed by atoms with E-state index in [1.807, 2.05) is 31.2 Å². The molecule has 0 aromatic heterocycles. The first-order valence-corrected chi connectivity index (χ1v) is 7.50. The molecule has 5 nitrogen and oxygen atoms in total. The fraction of sp³-hybridized carbons (Fsp3) is 0.500. The van der Waals surface area contributed by atoms with E-state index in [2.05, 4.69) is 27.3 Å². The van der Waals surface area contributed by atoms with Gasteiger partial charge in [-0.15, -0.1) is 0 Å². The molecule has 1 aromatic carbocycles. The molecule has 1 aliphatic rings. The van der Waals surface area contributed by atoms with Gasteiger partial charge in [-0.25, -0.2) is 5.43 Å². The number of carbonyl (C=O) groups excluding carboxylic acids is 1. The summed E-state index contributed by atoms with van der Waals surface area (Å²) in [5.74, 6) is -0.0520. The van der Waals surface area contributed by atoms with Gasteiger partial charge in [-0.3, -0.25) is 9.69 Å². The number of hydrogen-bond acceptors (Lipinski definition) is 4. The molecule has 5 heteroatoms. The smallest absolute Gasteiger partial charge is 0.254 e. The van der Waals surface area contributed by atoms with E-state index in [1.54, 1.807) is 6.21 Å². The number of aryl methyl sites for hydroxylation is 1. The SMILES string of the molecule is CCN1CCN(CC(=O)NN=Cc2cccc(C)c2)CC1. The van der Waals surface area contributed by atoms with E-state index in [-0.39, 0.29) is 5.91 Å². The van der Waals surface area contributed by atoms with E-state index in [4.69, 9.17) is 0 Å². The van der Waals surface area contributed by atoms with Gasteiger partial charge in [0.15, 0.2) is 0 Å². The number of benzene rings is 1. The summed E-state index contributed by atoms with van der Waals surface area (Å²) < 4.78 is 0. The normalized spacial score (nSPS) is 17.2. The van der Waals surface area contributed by atoms with E-state index < -0.39 is 0 Å². The van der Waals surface area contributed by atoms with Gasteiger partial charge in [-0.1, -0.05) is 36.8 Å². The Kier molecular flexibility index (Phi) is 5.90. The number of likely N-dealkylation sites (N-methyl/N-ethyl adjacent to an activating group) is 1. The summed E-state index contributed by atoms with van der Waals surface area (Å²) in [6.07, 6.45) is 1.68. The standard InChI is InChI=1S/C16H24N4O/c1-3-19-7-9-20(10-8-19)13-16(21)18-17-12-15-6-4-5-14(2)11-15/h4-6,11-12H,3,7-10,13H2,1-2H3,(H,18,21). The Morgan fingerprint density at radius 2 is 2.00 bits per heavy atom. The summed E-state index contributed by atoms with van der Waals surface area (Å²) in [5, 5.41) is 4.02. The van der Waals surface area contributed by atoms with Gasteiger partial charge >= 0.3 is 0 Å². The predicted molar refractivity (Wildman–Crippen MR) is 85.5 cm³/mol. The zero-order valence-corrected chi connectivity index (χ0v) is 12.9. The molecule has 0 radical (unpaired) electrons. The molecule has 1 amide bonds. The maximum Gasteiger partial charge on any atom is 0.254 e. The lowest BCUT2D eigenvalue weighted by Gasteiger charge is -2.33. The zero-order chi connectivity index (χ0) is 15.1. The second-order valence-corrected chi connectivity index (χ2v) is 5.42. The van der Waals surface area contributed by atoms with Crippen LogP contribution in [0.5, 0.6) is 0 Å². The number of rotatable bonds is 5. The molecule has 1 aromatic rings. The van der Waals surface area contributed by atoms with Gasteiger partial charge in [0.25, 0.3) is 5.91 Å². The van der Waals surface area contributed by atoms with Gasteiger partial charge < -0.3 is 4.90 Å². The van der Waals surface area contributed by atoms with Crippen molar-refractivity contribution in [3.05, 3.63) is 35.4 Å². The van der Waals surface area contributed by atoms with Crippen molar-refractivity contribution >= 4 is 12.1 Å². The first-order valence-electron chi connectivity index (χ1n) is 7.50. The van der Waals surface area contributed by atoms with Crippen molar-refractivity contribution in [2.24, 2.45) is 5.10 Å². The fourth-order valence-corrected chi connectivity index (χ4v) is 2.43. The Hall–Kier alpha value is -1.72. The van der Waals surface area contributed by atoms with Gasteiger partial charge in [0.05, 0.1) is 12.8 Å². The summed E-state index contributed by atoms with van der Waals surface area (Å²) in [7, 11) is 0. The summed E-state index contributed by atoms with van der Waals surface area (Å²) in [6, 6.07) is 8.00. The predicted octanol–water partition coefficient (Wildman–Crippen LogP) is 1.08. The molecule has 0 bridgehead atoms.